The van der Waals surface area contributed by atoms with E-state index in [0.29, 0.717) is 22.6 Å². The Morgan fingerprint density at radius 3 is 2.00 bits per heavy atom. The number of aromatic nitrogens is 1. The average molecular weight is 325 g/mol. The molecule has 24 heavy (non-hydrogen) atoms. The van der Waals surface area contributed by atoms with Crippen molar-refractivity contribution in [1.82, 2.24) is 4.57 Å². The summed E-state index contributed by atoms with van der Waals surface area (Å²) in [6, 6.07) is 11.3. The van der Waals surface area contributed by atoms with Gasteiger partial charge >= 0.3 is 0 Å². The molecule has 0 radical (unpaired) electrons. The van der Waals surface area contributed by atoms with Crippen molar-refractivity contribution in [3.63, 3.8) is 0 Å². The number of hydrogen-bond acceptors (Lipinski definition) is 4. The van der Waals surface area contributed by atoms with Gasteiger partial charge in [0.1, 0.15) is 0 Å². The second-order valence-electron chi connectivity index (χ2n) is 5.42. The maximum absolute atomic E-state index is 12.4. The van der Waals surface area contributed by atoms with Crippen molar-refractivity contribution in [2.24, 2.45) is 7.05 Å². The number of rotatable bonds is 4. The lowest BCUT2D eigenvalue weighted by atomic mass is 10.00. The second-order valence-corrected chi connectivity index (χ2v) is 5.42. The summed E-state index contributed by atoms with van der Waals surface area (Å²) in [5.41, 5.74) is 1.78. The lowest BCUT2D eigenvalue weighted by Gasteiger charge is -2.15. The highest BCUT2D eigenvalue weighted by Crippen LogP contribution is 2.42. The van der Waals surface area contributed by atoms with E-state index in [0.717, 1.165) is 16.5 Å². The highest BCUT2D eigenvalue weighted by molar-refractivity contribution is 5.96. The first-order chi connectivity index (χ1) is 11.6. The number of methoxy groups -OCH3 is 3. The summed E-state index contributed by atoms with van der Waals surface area (Å²) < 4.78 is 17.8. The van der Waals surface area contributed by atoms with Crippen LogP contribution in [0.25, 0.3) is 21.9 Å². The molecule has 0 aliphatic carbocycles. The fourth-order valence-corrected chi connectivity index (χ4v) is 2.88. The summed E-state index contributed by atoms with van der Waals surface area (Å²) >= 11 is 0. The van der Waals surface area contributed by atoms with Gasteiger partial charge in [-0.1, -0.05) is 18.2 Å². The molecule has 5 heteroatoms. The van der Waals surface area contributed by atoms with Crippen molar-refractivity contribution < 1.29 is 14.2 Å². The summed E-state index contributed by atoms with van der Waals surface area (Å²) in [5.74, 6) is 1.69. The number of ether oxygens (including phenoxy) is 3. The Kier molecular flexibility index (Phi) is 4.16. The number of benzene rings is 2. The fourth-order valence-electron chi connectivity index (χ4n) is 2.88. The van der Waals surface area contributed by atoms with E-state index in [4.69, 9.17) is 14.2 Å². The molecule has 0 atom stereocenters. The van der Waals surface area contributed by atoms with E-state index >= 15 is 0 Å². The molecule has 0 bridgehead atoms. The van der Waals surface area contributed by atoms with Gasteiger partial charge in [-0.25, -0.2) is 0 Å². The Morgan fingerprint density at radius 2 is 1.46 bits per heavy atom. The second kappa shape index (κ2) is 6.28. The molecule has 1 heterocycles. The molecule has 0 amide bonds. The van der Waals surface area contributed by atoms with Gasteiger partial charge in [0.05, 0.1) is 21.3 Å². The van der Waals surface area contributed by atoms with Crippen LogP contribution in [0.3, 0.4) is 0 Å². The molecule has 124 valence electrons. The SMILES string of the molecule is COc1cc(-c2cn(C)c(=O)c3ccccc23)cc(OC)c1OC. The normalized spacial score (nSPS) is 10.7. The Balaban J connectivity index is 2.36. The van der Waals surface area contributed by atoms with Crippen LogP contribution in [0.5, 0.6) is 17.2 Å². The Hall–Kier alpha value is -2.95. The highest BCUT2D eigenvalue weighted by Gasteiger charge is 2.16. The minimum atomic E-state index is -0.0261. The fraction of sp³-hybridized carbons (Fsp3) is 0.211. The number of fused-ring (bicyclic) bond motifs is 1. The van der Waals surface area contributed by atoms with Crippen LogP contribution in [0, 0.1) is 0 Å². The molecule has 0 aliphatic heterocycles. The van der Waals surface area contributed by atoms with Crippen molar-refractivity contribution >= 4 is 10.8 Å². The van der Waals surface area contributed by atoms with Gasteiger partial charge in [0, 0.05) is 24.2 Å². The van der Waals surface area contributed by atoms with Crippen LogP contribution >= 0.6 is 0 Å². The predicted molar refractivity (Wildman–Crippen MR) is 94.3 cm³/mol. The number of hydrogen-bond donors (Lipinski definition) is 0. The maximum atomic E-state index is 12.4. The molecule has 0 saturated carbocycles. The summed E-state index contributed by atoms with van der Waals surface area (Å²) in [4.78, 5) is 12.4. The first kappa shape index (κ1) is 15.9. The minimum Gasteiger partial charge on any atom is -0.493 e. The van der Waals surface area contributed by atoms with Crippen LogP contribution < -0.4 is 19.8 Å². The lowest BCUT2D eigenvalue weighted by Crippen LogP contribution is -2.16. The van der Waals surface area contributed by atoms with Gasteiger partial charge in [-0.05, 0) is 29.1 Å². The third-order valence-corrected chi connectivity index (χ3v) is 4.07. The van der Waals surface area contributed by atoms with Crippen LogP contribution in [0.15, 0.2) is 47.4 Å². The van der Waals surface area contributed by atoms with E-state index < -0.39 is 0 Å². The van der Waals surface area contributed by atoms with Crippen molar-refractivity contribution in [3.05, 3.63) is 52.9 Å². The molecule has 0 N–H and O–H groups in total. The van der Waals surface area contributed by atoms with E-state index in [1.807, 2.05) is 42.6 Å². The van der Waals surface area contributed by atoms with Gasteiger partial charge < -0.3 is 18.8 Å². The van der Waals surface area contributed by atoms with Gasteiger partial charge in [-0.15, -0.1) is 0 Å². The van der Waals surface area contributed by atoms with Gasteiger partial charge in [0.15, 0.2) is 11.5 Å². The quantitative estimate of drug-likeness (QED) is 0.739. The minimum absolute atomic E-state index is 0.0261. The zero-order valence-electron chi connectivity index (χ0n) is 14.1. The van der Waals surface area contributed by atoms with Crippen molar-refractivity contribution in [2.75, 3.05) is 21.3 Å². The Bertz CT molecular complexity index is 934. The van der Waals surface area contributed by atoms with E-state index in [1.54, 1.807) is 32.9 Å². The van der Waals surface area contributed by atoms with Crippen LogP contribution in [0.1, 0.15) is 0 Å². The van der Waals surface area contributed by atoms with Crippen LogP contribution in [0.4, 0.5) is 0 Å². The molecule has 5 nitrogen and oxygen atoms in total. The molecule has 0 aliphatic rings. The first-order valence-electron chi connectivity index (χ1n) is 7.49. The molecule has 2 aromatic carbocycles. The molecular weight excluding hydrogens is 306 g/mol. The summed E-state index contributed by atoms with van der Waals surface area (Å²) in [7, 11) is 6.48. The topological polar surface area (TPSA) is 49.7 Å². The van der Waals surface area contributed by atoms with E-state index in [-0.39, 0.29) is 5.56 Å². The largest absolute Gasteiger partial charge is 0.493 e. The van der Waals surface area contributed by atoms with Crippen LogP contribution in [-0.4, -0.2) is 25.9 Å². The molecule has 0 fully saturated rings. The number of pyridine rings is 1. The zero-order chi connectivity index (χ0) is 17.3. The van der Waals surface area contributed by atoms with Crippen LogP contribution in [0.2, 0.25) is 0 Å². The van der Waals surface area contributed by atoms with Gasteiger partial charge in [0.2, 0.25) is 5.75 Å². The highest BCUT2D eigenvalue weighted by atomic mass is 16.5. The van der Waals surface area contributed by atoms with E-state index in [2.05, 4.69) is 0 Å². The van der Waals surface area contributed by atoms with Crippen molar-refractivity contribution in [1.29, 1.82) is 0 Å². The third-order valence-electron chi connectivity index (χ3n) is 4.07. The molecule has 0 unspecified atom stereocenters. The lowest BCUT2D eigenvalue weighted by molar-refractivity contribution is 0.324. The van der Waals surface area contributed by atoms with Gasteiger partial charge in [-0.2, -0.15) is 0 Å². The smallest absolute Gasteiger partial charge is 0.258 e. The zero-order valence-corrected chi connectivity index (χ0v) is 14.1. The number of nitrogens with zero attached hydrogens (tertiary/aromatic N) is 1. The number of aryl methyl sites for hydroxylation is 1. The average Bonchev–Trinajstić information content (AvgIpc) is 2.63. The molecule has 3 rings (SSSR count). The van der Waals surface area contributed by atoms with Crippen molar-refractivity contribution in [3.8, 4) is 28.4 Å². The predicted octanol–water partition coefficient (Wildman–Crippen LogP) is 3.23. The summed E-state index contributed by atoms with van der Waals surface area (Å²) in [6.07, 6.45) is 1.82. The third kappa shape index (κ3) is 2.48. The Morgan fingerprint density at radius 1 is 0.875 bits per heavy atom. The van der Waals surface area contributed by atoms with Crippen molar-refractivity contribution in [2.45, 2.75) is 0 Å². The Labute approximate surface area is 140 Å². The maximum Gasteiger partial charge on any atom is 0.258 e. The summed E-state index contributed by atoms with van der Waals surface area (Å²) in [6.45, 7) is 0. The first-order valence-corrected chi connectivity index (χ1v) is 7.49. The molecule has 1 aromatic heterocycles. The standard InChI is InChI=1S/C19H19NO4/c1-20-11-15(13-7-5-6-8-14(13)19(20)21)12-9-16(22-2)18(24-4)17(10-12)23-3/h5-11H,1-4H3. The van der Waals surface area contributed by atoms with Gasteiger partial charge in [0.25, 0.3) is 5.56 Å². The van der Waals surface area contributed by atoms with E-state index in [1.165, 1.54) is 0 Å². The van der Waals surface area contributed by atoms with E-state index in [9.17, 15) is 4.79 Å². The molecule has 3 aromatic rings. The summed E-state index contributed by atoms with van der Waals surface area (Å²) in [5, 5.41) is 1.56. The molecule has 0 spiro atoms. The van der Waals surface area contributed by atoms with Gasteiger partial charge in [-0.3, -0.25) is 4.79 Å². The monoisotopic (exact) mass is 325 g/mol. The molecular formula is C19H19NO4. The molecule has 0 saturated heterocycles. The van der Waals surface area contributed by atoms with Crippen LogP contribution in [-0.2, 0) is 7.05 Å².